The highest BCUT2D eigenvalue weighted by Crippen LogP contribution is 2.16. The molecule has 1 aromatic carbocycles. The van der Waals surface area contributed by atoms with Gasteiger partial charge in [0.1, 0.15) is 0 Å². The van der Waals surface area contributed by atoms with Gasteiger partial charge in [0.25, 0.3) is 0 Å². The number of benzene rings is 1. The summed E-state index contributed by atoms with van der Waals surface area (Å²) in [6, 6.07) is 7.39. The Morgan fingerprint density at radius 3 is 2.75 bits per heavy atom. The van der Waals surface area contributed by atoms with E-state index in [1.165, 1.54) is 7.11 Å². The predicted octanol–water partition coefficient (Wildman–Crippen LogP) is 1.85. The van der Waals surface area contributed by atoms with Gasteiger partial charge in [0.15, 0.2) is 6.29 Å². The molecular formula is C9H11ClO2. The summed E-state index contributed by atoms with van der Waals surface area (Å²) in [6.45, 7) is 0. The molecule has 0 saturated carbocycles. The van der Waals surface area contributed by atoms with Crippen LogP contribution in [0.4, 0.5) is 0 Å². The van der Waals surface area contributed by atoms with E-state index in [4.69, 9.17) is 21.4 Å². The third kappa shape index (κ3) is 2.48. The highest BCUT2D eigenvalue weighted by molar-refractivity contribution is 6.31. The number of aliphatic hydroxyl groups excluding tert-OH is 1. The van der Waals surface area contributed by atoms with E-state index in [0.29, 0.717) is 11.4 Å². The molecule has 0 fully saturated rings. The van der Waals surface area contributed by atoms with Crippen LogP contribution in [0.25, 0.3) is 0 Å². The number of halogens is 1. The molecule has 1 rings (SSSR count). The summed E-state index contributed by atoms with van der Waals surface area (Å²) < 4.78 is 4.71. The van der Waals surface area contributed by atoms with Crippen LogP contribution in [-0.4, -0.2) is 18.5 Å². The van der Waals surface area contributed by atoms with Crippen molar-refractivity contribution in [3.63, 3.8) is 0 Å². The van der Waals surface area contributed by atoms with Gasteiger partial charge in [-0.1, -0.05) is 29.8 Å². The molecule has 0 aromatic heterocycles. The summed E-state index contributed by atoms with van der Waals surface area (Å²) in [7, 11) is 1.46. The monoisotopic (exact) mass is 186 g/mol. The Labute approximate surface area is 76.7 Å². The Kier molecular flexibility index (Phi) is 3.53. The second kappa shape index (κ2) is 4.45. The molecule has 3 heteroatoms. The van der Waals surface area contributed by atoms with Gasteiger partial charge < -0.3 is 9.84 Å². The highest BCUT2D eigenvalue weighted by atomic mass is 35.5. The molecule has 0 aliphatic heterocycles. The third-order valence-corrected chi connectivity index (χ3v) is 1.99. The Bertz CT molecular complexity index is 250. The van der Waals surface area contributed by atoms with Crippen molar-refractivity contribution >= 4 is 11.6 Å². The van der Waals surface area contributed by atoms with Crippen molar-refractivity contribution in [1.82, 2.24) is 0 Å². The maximum atomic E-state index is 9.15. The summed E-state index contributed by atoms with van der Waals surface area (Å²) in [5, 5.41) is 9.82. The minimum absolute atomic E-state index is 0.427. The molecule has 0 aliphatic carbocycles. The molecule has 0 aliphatic rings. The average molecular weight is 187 g/mol. The molecule has 0 heterocycles. The lowest BCUT2D eigenvalue weighted by Gasteiger charge is -2.08. The summed E-state index contributed by atoms with van der Waals surface area (Å²) in [5.41, 5.74) is 0.897. The van der Waals surface area contributed by atoms with Crippen LogP contribution in [0.1, 0.15) is 5.56 Å². The maximum absolute atomic E-state index is 9.15. The second-order valence-electron chi connectivity index (χ2n) is 2.49. The van der Waals surface area contributed by atoms with Gasteiger partial charge in [-0.15, -0.1) is 0 Å². The molecule has 66 valence electrons. The van der Waals surface area contributed by atoms with Crippen molar-refractivity contribution in [3.8, 4) is 0 Å². The van der Waals surface area contributed by atoms with Gasteiger partial charge in [-0.2, -0.15) is 0 Å². The predicted molar refractivity (Wildman–Crippen MR) is 48.2 cm³/mol. The fourth-order valence-electron chi connectivity index (χ4n) is 0.935. The van der Waals surface area contributed by atoms with Gasteiger partial charge in [-0.25, -0.2) is 0 Å². The van der Waals surface area contributed by atoms with Crippen LogP contribution in [0.5, 0.6) is 0 Å². The maximum Gasteiger partial charge on any atom is 0.158 e. The molecule has 1 unspecified atom stereocenters. The van der Waals surface area contributed by atoms with Gasteiger partial charge in [0.2, 0.25) is 0 Å². The zero-order valence-corrected chi connectivity index (χ0v) is 7.58. The van der Waals surface area contributed by atoms with E-state index in [0.717, 1.165) is 5.56 Å². The molecular weight excluding hydrogens is 176 g/mol. The molecule has 1 N–H and O–H groups in total. The number of hydrogen-bond donors (Lipinski definition) is 1. The topological polar surface area (TPSA) is 29.5 Å². The zero-order valence-electron chi connectivity index (χ0n) is 6.83. The van der Waals surface area contributed by atoms with Gasteiger partial charge in [-0.3, -0.25) is 0 Å². The van der Waals surface area contributed by atoms with Crippen LogP contribution >= 0.6 is 11.6 Å². The smallest absolute Gasteiger partial charge is 0.158 e. The van der Waals surface area contributed by atoms with Crippen LogP contribution in [0, 0.1) is 0 Å². The summed E-state index contributed by atoms with van der Waals surface area (Å²) >= 11 is 5.86. The quantitative estimate of drug-likeness (QED) is 0.731. The molecule has 1 aromatic rings. The molecule has 0 spiro atoms. The number of hydrogen-bond acceptors (Lipinski definition) is 2. The first-order chi connectivity index (χ1) is 5.74. The van der Waals surface area contributed by atoms with E-state index in [2.05, 4.69) is 0 Å². The van der Waals surface area contributed by atoms with Gasteiger partial charge in [0, 0.05) is 18.6 Å². The fourth-order valence-corrected chi connectivity index (χ4v) is 1.15. The largest absolute Gasteiger partial charge is 0.368 e. The first-order valence-electron chi connectivity index (χ1n) is 3.68. The van der Waals surface area contributed by atoms with Crippen molar-refractivity contribution in [2.24, 2.45) is 0 Å². The fraction of sp³-hybridized carbons (Fsp3) is 0.333. The number of ether oxygens (including phenoxy) is 1. The van der Waals surface area contributed by atoms with Crippen LogP contribution < -0.4 is 0 Å². The second-order valence-corrected chi connectivity index (χ2v) is 2.89. The summed E-state index contributed by atoms with van der Waals surface area (Å²) in [5.74, 6) is 0. The lowest BCUT2D eigenvalue weighted by molar-refractivity contribution is -0.0720. The van der Waals surface area contributed by atoms with Crippen LogP contribution in [0.15, 0.2) is 24.3 Å². The SMILES string of the molecule is COC(O)Cc1ccccc1Cl. The summed E-state index contributed by atoms with van der Waals surface area (Å²) in [6.07, 6.45) is -0.346. The lowest BCUT2D eigenvalue weighted by atomic mass is 10.1. The van der Waals surface area contributed by atoms with Crippen molar-refractivity contribution in [2.45, 2.75) is 12.7 Å². The van der Waals surface area contributed by atoms with Crippen molar-refractivity contribution in [2.75, 3.05) is 7.11 Å². The first-order valence-corrected chi connectivity index (χ1v) is 4.06. The minimum atomic E-state index is -0.773. The van der Waals surface area contributed by atoms with E-state index in [-0.39, 0.29) is 0 Å². The Morgan fingerprint density at radius 2 is 2.17 bits per heavy atom. The Hall–Kier alpha value is -0.570. The standard InChI is InChI=1S/C9H11ClO2/c1-12-9(11)6-7-4-2-3-5-8(7)10/h2-5,9,11H,6H2,1H3. The molecule has 12 heavy (non-hydrogen) atoms. The molecule has 0 radical (unpaired) electrons. The number of aliphatic hydroxyl groups is 1. The van der Waals surface area contributed by atoms with E-state index in [9.17, 15) is 0 Å². The minimum Gasteiger partial charge on any atom is -0.368 e. The van der Waals surface area contributed by atoms with Crippen LogP contribution in [0.2, 0.25) is 5.02 Å². The number of rotatable bonds is 3. The van der Waals surface area contributed by atoms with Crippen LogP contribution in [-0.2, 0) is 11.2 Å². The first kappa shape index (κ1) is 9.52. The lowest BCUT2D eigenvalue weighted by Crippen LogP contribution is -2.12. The van der Waals surface area contributed by atoms with E-state index in [1.807, 2.05) is 18.2 Å². The molecule has 1 atom stereocenters. The van der Waals surface area contributed by atoms with E-state index >= 15 is 0 Å². The van der Waals surface area contributed by atoms with Gasteiger partial charge >= 0.3 is 0 Å². The van der Waals surface area contributed by atoms with Crippen LogP contribution in [0.3, 0.4) is 0 Å². The molecule has 0 bridgehead atoms. The van der Waals surface area contributed by atoms with E-state index < -0.39 is 6.29 Å². The Balaban J connectivity index is 2.69. The molecule has 0 amide bonds. The van der Waals surface area contributed by atoms with Crippen molar-refractivity contribution in [3.05, 3.63) is 34.9 Å². The Morgan fingerprint density at radius 1 is 1.50 bits per heavy atom. The molecule has 2 nitrogen and oxygen atoms in total. The van der Waals surface area contributed by atoms with Crippen molar-refractivity contribution < 1.29 is 9.84 Å². The van der Waals surface area contributed by atoms with Gasteiger partial charge in [-0.05, 0) is 11.6 Å². The normalized spacial score (nSPS) is 12.9. The zero-order chi connectivity index (χ0) is 8.97. The summed E-state index contributed by atoms with van der Waals surface area (Å²) in [4.78, 5) is 0. The van der Waals surface area contributed by atoms with Gasteiger partial charge in [0.05, 0.1) is 0 Å². The average Bonchev–Trinajstić information content (AvgIpc) is 2.09. The highest BCUT2D eigenvalue weighted by Gasteiger charge is 2.05. The number of methoxy groups -OCH3 is 1. The van der Waals surface area contributed by atoms with E-state index in [1.54, 1.807) is 6.07 Å². The third-order valence-electron chi connectivity index (χ3n) is 1.62. The molecule has 0 saturated heterocycles. The van der Waals surface area contributed by atoms with Crippen molar-refractivity contribution in [1.29, 1.82) is 0 Å².